The predicted molar refractivity (Wildman–Crippen MR) is 235 cm³/mol. The maximum absolute atomic E-state index is 11.8. The van der Waals surface area contributed by atoms with Crippen LogP contribution in [-0.4, -0.2) is 90.7 Å². The van der Waals surface area contributed by atoms with Gasteiger partial charge in [-0.3, -0.25) is 4.99 Å². The lowest BCUT2D eigenvalue weighted by Gasteiger charge is -2.48. The Bertz CT molecular complexity index is 2440. The third-order valence-electron chi connectivity index (χ3n) is 12.1. The van der Waals surface area contributed by atoms with E-state index in [1.807, 2.05) is 170 Å². The van der Waals surface area contributed by atoms with Crippen LogP contribution in [-0.2, 0) is 20.5 Å². The number of methoxy groups -OCH3 is 2. The number of nitrogens with two attached hydrogens (primary N) is 1. The molecule has 0 saturated carbocycles. The van der Waals surface area contributed by atoms with Gasteiger partial charge in [-0.15, -0.1) is 0 Å². The SMILES string of the molecule is COc1ccc(C(OC[C@H]2O[C@@H](N3CN=C4C3=NC=NC4(N)C(c3ccccc3)(c3ccccc3)c3ccc(OC)cc3)[C@H](O)[C@@H]2O)(c2ccccc2)c2ccccc2)cc1. The summed E-state index contributed by atoms with van der Waals surface area (Å²) < 4.78 is 24.7. The van der Waals surface area contributed by atoms with Crippen LogP contribution in [0.3, 0.4) is 0 Å². The van der Waals surface area contributed by atoms with Gasteiger partial charge in [-0.2, -0.15) is 0 Å². The van der Waals surface area contributed by atoms with Crippen molar-refractivity contribution in [2.24, 2.45) is 20.7 Å². The zero-order valence-electron chi connectivity index (χ0n) is 33.9. The summed E-state index contributed by atoms with van der Waals surface area (Å²) in [4.78, 5) is 16.5. The van der Waals surface area contributed by atoms with E-state index in [9.17, 15) is 10.2 Å². The number of ether oxygens (including phenoxy) is 4. The van der Waals surface area contributed by atoms with Gasteiger partial charge in [0.1, 0.15) is 54.1 Å². The van der Waals surface area contributed by atoms with Gasteiger partial charge in [0, 0.05) is 0 Å². The van der Waals surface area contributed by atoms with Crippen molar-refractivity contribution in [1.29, 1.82) is 0 Å². The number of hydrogen-bond acceptors (Lipinski definition) is 11. The normalized spacial score (nSPS) is 22.3. The molecule has 61 heavy (non-hydrogen) atoms. The summed E-state index contributed by atoms with van der Waals surface area (Å²) in [5.41, 5.74) is 9.61. The highest BCUT2D eigenvalue weighted by Gasteiger charge is 2.60. The van der Waals surface area contributed by atoms with Crippen molar-refractivity contribution < 1.29 is 29.2 Å². The Hall–Kier alpha value is -6.47. The molecule has 1 unspecified atom stereocenters. The van der Waals surface area contributed by atoms with Gasteiger partial charge in [0.15, 0.2) is 17.7 Å². The van der Waals surface area contributed by atoms with Crippen molar-refractivity contribution in [1.82, 2.24) is 4.90 Å². The van der Waals surface area contributed by atoms with E-state index in [0.29, 0.717) is 23.0 Å². The Labute approximate surface area is 355 Å². The van der Waals surface area contributed by atoms with Gasteiger partial charge in [-0.25, -0.2) is 9.98 Å². The number of amidine groups is 1. The lowest BCUT2D eigenvalue weighted by Crippen LogP contribution is -2.66. The number of nitrogens with zero attached hydrogens (tertiary/aromatic N) is 4. The molecule has 4 N–H and O–H groups in total. The molecule has 3 aliphatic rings. The fourth-order valence-electron chi connectivity index (χ4n) is 9.19. The summed E-state index contributed by atoms with van der Waals surface area (Å²) in [6, 6.07) is 55.5. The maximum atomic E-state index is 11.8. The van der Waals surface area contributed by atoms with Crippen LogP contribution in [0.2, 0.25) is 0 Å². The van der Waals surface area contributed by atoms with Gasteiger partial charge in [0.2, 0.25) is 0 Å². The van der Waals surface area contributed by atoms with Crippen molar-refractivity contribution in [3.05, 3.63) is 203 Å². The van der Waals surface area contributed by atoms with Crippen molar-refractivity contribution in [3.63, 3.8) is 0 Å². The second-order valence-corrected chi connectivity index (χ2v) is 15.3. The van der Waals surface area contributed by atoms with Gasteiger partial charge < -0.3 is 39.8 Å². The van der Waals surface area contributed by atoms with Crippen LogP contribution in [0.15, 0.2) is 185 Å². The van der Waals surface area contributed by atoms with Gasteiger partial charge in [0.05, 0.1) is 26.2 Å². The molecule has 9 rings (SSSR count). The minimum atomic E-state index is -1.55. The summed E-state index contributed by atoms with van der Waals surface area (Å²) in [6.07, 6.45) is -3.20. The van der Waals surface area contributed by atoms with Crippen LogP contribution in [0, 0.1) is 0 Å². The molecule has 1 saturated heterocycles. The second kappa shape index (κ2) is 16.5. The average Bonchev–Trinajstić information content (AvgIpc) is 3.89. The van der Waals surface area contributed by atoms with Crippen molar-refractivity contribution >= 4 is 17.9 Å². The zero-order chi connectivity index (χ0) is 42.0. The highest BCUT2D eigenvalue weighted by Crippen LogP contribution is 2.50. The number of aliphatic imine (C=N–C) groups is 3. The van der Waals surface area contributed by atoms with E-state index in [-0.39, 0.29) is 13.3 Å². The molecule has 0 amide bonds. The largest absolute Gasteiger partial charge is 0.497 e. The fraction of sp³-hybridized carbons (Fsp3) is 0.220. The molecule has 5 atom stereocenters. The molecular weight excluding hydrogens is 767 g/mol. The van der Waals surface area contributed by atoms with Crippen LogP contribution in [0.25, 0.3) is 0 Å². The fourth-order valence-corrected chi connectivity index (χ4v) is 9.19. The number of aliphatic hydroxyl groups is 2. The average molecular weight is 814 g/mol. The van der Waals surface area contributed by atoms with Crippen LogP contribution in [0.4, 0.5) is 0 Å². The van der Waals surface area contributed by atoms with E-state index >= 15 is 0 Å². The third-order valence-corrected chi connectivity index (χ3v) is 12.1. The Kier molecular flexibility index (Phi) is 10.8. The standard InChI is InChI=1S/C50H47N5O6/c1-58-40-27-23-36(24-28-40)48(34-15-7-3-8-16-34,35-17-9-4-10-18-35)50(51)45-46(52-32-54-50)55(33-53-45)47-44(57)43(56)42(61-47)31-60-49(37-19-11-5-12-20-37,38-21-13-6-14-22-38)39-25-29-41(59-2)30-26-39/h3-30,32,42-44,47,56-57H,31,33,51H2,1-2H3/t42-,43-,44-,47-,50?/m1/s1. The Balaban J connectivity index is 1.06. The van der Waals surface area contributed by atoms with Crippen LogP contribution >= 0.6 is 0 Å². The Morgan fingerprint density at radius 3 is 1.57 bits per heavy atom. The molecule has 1 fully saturated rings. The van der Waals surface area contributed by atoms with Crippen LogP contribution in [0.5, 0.6) is 11.5 Å². The molecule has 0 aromatic heterocycles. The topological polar surface area (TPSA) is 144 Å². The van der Waals surface area contributed by atoms with E-state index < -0.39 is 41.2 Å². The molecule has 6 aromatic carbocycles. The number of benzene rings is 6. The van der Waals surface area contributed by atoms with Crippen LogP contribution in [0.1, 0.15) is 33.4 Å². The van der Waals surface area contributed by atoms with Crippen LogP contribution < -0.4 is 15.2 Å². The predicted octanol–water partition coefficient (Wildman–Crippen LogP) is 6.30. The number of hydrogen-bond donors (Lipinski definition) is 3. The molecular formula is C50H47N5O6. The molecule has 6 aromatic rings. The first-order chi connectivity index (χ1) is 29.8. The Morgan fingerprint density at radius 2 is 1.08 bits per heavy atom. The number of fused-ring (bicyclic) bond motifs is 1. The molecule has 0 bridgehead atoms. The summed E-state index contributed by atoms with van der Waals surface area (Å²) in [7, 11) is 3.26. The van der Waals surface area contributed by atoms with E-state index in [0.717, 1.165) is 33.4 Å². The lowest BCUT2D eigenvalue weighted by molar-refractivity contribution is -0.102. The molecule has 3 heterocycles. The van der Waals surface area contributed by atoms with E-state index in [2.05, 4.69) is 0 Å². The third kappa shape index (κ3) is 6.62. The molecule has 0 aliphatic carbocycles. The highest BCUT2D eigenvalue weighted by molar-refractivity contribution is 6.48. The minimum Gasteiger partial charge on any atom is -0.497 e. The summed E-state index contributed by atoms with van der Waals surface area (Å²) in [5.74, 6) is 1.79. The minimum absolute atomic E-state index is 0.0462. The molecule has 0 spiro atoms. The first-order valence-electron chi connectivity index (χ1n) is 20.2. The highest BCUT2D eigenvalue weighted by atomic mass is 16.6. The van der Waals surface area contributed by atoms with Gasteiger partial charge in [-0.1, -0.05) is 146 Å². The lowest BCUT2D eigenvalue weighted by atomic mass is 9.60. The first kappa shape index (κ1) is 40.0. The molecule has 11 nitrogen and oxygen atoms in total. The van der Waals surface area contributed by atoms with Crippen molar-refractivity contribution in [3.8, 4) is 11.5 Å². The second-order valence-electron chi connectivity index (χ2n) is 15.3. The van der Waals surface area contributed by atoms with E-state index in [1.54, 1.807) is 19.1 Å². The van der Waals surface area contributed by atoms with Gasteiger partial charge in [0.25, 0.3) is 0 Å². The monoisotopic (exact) mass is 813 g/mol. The molecule has 3 aliphatic heterocycles. The first-order valence-corrected chi connectivity index (χ1v) is 20.2. The maximum Gasteiger partial charge on any atom is 0.173 e. The number of rotatable bonds is 13. The van der Waals surface area contributed by atoms with Crippen molar-refractivity contribution in [2.75, 3.05) is 27.5 Å². The molecule has 11 heteroatoms. The quantitative estimate of drug-likeness (QED) is 0.115. The molecule has 0 radical (unpaired) electrons. The van der Waals surface area contributed by atoms with E-state index in [1.165, 1.54) is 6.34 Å². The van der Waals surface area contributed by atoms with Gasteiger partial charge >= 0.3 is 0 Å². The number of aliphatic hydroxyl groups excluding tert-OH is 2. The Morgan fingerprint density at radius 1 is 0.639 bits per heavy atom. The summed E-state index contributed by atoms with van der Waals surface area (Å²) in [5, 5.41) is 23.6. The van der Waals surface area contributed by atoms with Crippen molar-refractivity contribution in [2.45, 2.75) is 41.2 Å². The molecule has 308 valence electrons. The smallest absolute Gasteiger partial charge is 0.173 e. The van der Waals surface area contributed by atoms with Gasteiger partial charge in [-0.05, 0) is 57.6 Å². The summed E-state index contributed by atoms with van der Waals surface area (Å²) in [6.45, 7) is -0.0337. The summed E-state index contributed by atoms with van der Waals surface area (Å²) >= 11 is 0. The zero-order valence-corrected chi connectivity index (χ0v) is 33.9. The van der Waals surface area contributed by atoms with E-state index in [4.69, 9.17) is 39.7 Å².